The molecule has 4 rings (SSSR count). The first kappa shape index (κ1) is 36.4. The Morgan fingerprint density at radius 3 is 1.85 bits per heavy atom. The largest absolute Gasteiger partial charge is 0.496 e. The van der Waals surface area contributed by atoms with Gasteiger partial charge in [0.2, 0.25) is 0 Å². The highest BCUT2D eigenvalue weighted by Crippen LogP contribution is 2.23. The molecule has 3 aromatic carbocycles. The number of piperazine rings is 1. The molecule has 14 heteroatoms. The number of benzene rings is 3. The molecule has 252 valence electrons. The third kappa shape index (κ3) is 11.6. The van der Waals surface area contributed by atoms with Crippen molar-refractivity contribution in [1.29, 1.82) is 0 Å². The first-order valence-electron chi connectivity index (χ1n) is 14.6. The van der Waals surface area contributed by atoms with Crippen LogP contribution in [-0.4, -0.2) is 83.7 Å². The summed E-state index contributed by atoms with van der Waals surface area (Å²) in [5.41, 5.74) is 3.07. The van der Waals surface area contributed by atoms with E-state index in [4.69, 9.17) is 14.6 Å². The predicted molar refractivity (Wildman–Crippen MR) is 171 cm³/mol. The van der Waals surface area contributed by atoms with E-state index >= 15 is 0 Å². The average Bonchev–Trinajstić information content (AvgIpc) is 3.01. The Morgan fingerprint density at radius 1 is 0.809 bits per heavy atom. The van der Waals surface area contributed by atoms with Gasteiger partial charge in [-0.05, 0) is 75.4 Å². The zero-order valence-corrected chi connectivity index (χ0v) is 26.5. The van der Waals surface area contributed by atoms with Gasteiger partial charge in [0.25, 0.3) is 11.8 Å². The van der Waals surface area contributed by atoms with Gasteiger partial charge in [0.15, 0.2) is 0 Å². The summed E-state index contributed by atoms with van der Waals surface area (Å²) in [7, 11) is 1.63. The molecule has 0 unspecified atom stereocenters. The molecule has 1 aliphatic heterocycles. The number of carboxylic acid groups (broad SMARTS) is 1. The van der Waals surface area contributed by atoms with Crippen LogP contribution in [0.1, 0.15) is 47.1 Å². The quantitative estimate of drug-likeness (QED) is 0.265. The second-order valence-corrected chi connectivity index (χ2v) is 11.6. The van der Waals surface area contributed by atoms with E-state index in [0.717, 1.165) is 11.3 Å². The average molecular weight is 658 g/mol. The van der Waals surface area contributed by atoms with Crippen molar-refractivity contribution in [3.05, 3.63) is 89.5 Å². The molecule has 0 saturated carbocycles. The minimum absolute atomic E-state index is 0.0432. The summed E-state index contributed by atoms with van der Waals surface area (Å²) in [6.45, 7) is 9.05. The first-order chi connectivity index (χ1) is 22.1. The van der Waals surface area contributed by atoms with Crippen molar-refractivity contribution < 1.29 is 42.2 Å². The normalized spacial score (nSPS) is 13.5. The maximum Gasteiger partial charge on any atom is 0.490 e. The van der Waals surface area contributed by atoms with Gasteiger partial charge in [-0.1, -0.05) is 18.2 Å². The van der Waals surface area contributed by atoms with E-state index in [2.05, 4.69) is 20.9 Å². The molecule has 0 atom stereocenters. The number of hydrogen-bond acceptors (Lipinski definition) is 6. The Hall–Kier alpha value is -5.11. The molecule has 1 fully saturated rings. The summed E-state index contributed by atoms with van der Waals surface area (Å²) >= 11 is 0. The second-order valence-electron chi connectivity index (χ2n) is 11.6. The van der Waals surface area contributed by atoms with Crippen molar-refractivity contribution in [2.75, 3.05) is 43.9 Å². The van der Waals surface area contributed by atoms with E-state index in [1.54, 1.807) is 49.6 Å². The second kappa shape index (κ2) is 15.9. The number of alkyl halides is 3. The lowest BCUT2D eigenvalue weighted by Gasteiger charge is -2.35. The third-order valence-electron chi connectivity index (χ3n) is 6.75. The highest BCUT2D eigenvalue weighted by molar-refractivity contribution is 6.00. The summed E-state index contributed by atoms with van der Waals surface area (Å²) in [6.07, 6.45) is -5.08. The SMILES string of the molecule is COc1ccc(C(=O)NC(C)(C)C)cc1CN1CCN(C(=O)c2ccc(NC(=O)Nc3ccccc3)cc2)CC1.O=C(O)C(F)(F)F. The molecule has 1 heterocycles. The maximum absolute atomic E-state index is 13.1. The number of amides is 4. The summed E-state index contributed by atoms with van der Waals surface area (Å²) in [5, 5.41) is 15.7. The molecule has 1 aliphatic rings. The smallest absolute Gasteiger partial charge is 0.490 e. The number of halogens is 3. The van der Waals surface area contributed by atoms with Gasteiger partial charge >= 0.3 is 18.2 Å². The molecule has 3 aromatic rings. The van der Waals surface area contributed by atoms with Crippen LogP contribution in [0.3, 0.4) is 0 Å². The zero-order valence-electron chi connectivity index (χ0n) is 26.5. The highest BCUT2D eigenvalue weighted by atomic mass is 19.4. The number of urea groups is 1. The number of methoxy groups -OCH3 is 1. The van der Waals surface area contributed by atoms with Crippen LogP contribution in [0.2, 0.25) is 0 Å². The van der Waals surface area contributed by atoms with Crippen LogP contribution in [0.4, 0.5) is 29.3 Å². The van der Waals surface area contributed by atoms with E-state index in [0.29, 0.717) is 55.2 Å². The van der Waals surface area contributed by atoms with Gasteiger partial charge in [0, 0.05) is 66.3 Å². The van der Waals surface area contributed by atoms with Crippen LogP contribution >= 0.6 is 0 Å². The van der Waals surface area contributed by atoms with Gasteiger partial charge in [0.1, 0.15) is 5.75 Å². The summed E-state index contributed by atoms with van der Waals surface area (Å²) in [5.74, 6) is -2.19. The van der Waals surface area contributed by atoms with Gasteiger partial charge in [0.05, 0.1) is 7.11 Å². The van der Waals surface area contributed by atoms with Crippen molar-refractivity contribution in [3.8, 4) is 5.75 Å². The van der Waals surface area contributed by atoms with Crippen molar-refractivity contribution in [1.82, 2.24) is 15.1 Å². The molecule has 47 heavy (non-hydrogen) atoms. The van der Waals surface area contributed by atoms with Gasteiger partial charge in [-0.3, -0.25) is 14.5 Å². The monoisotopic (exact) mass is 657 g/mol. The maximum atomic E-state index is 13.1. The Kier molecular flexibility index (Phi) is 12.3. The fraction of sp³-hybridized carbons (Fsp3) is 0.333. The molecule has 0 spiro atoms. The Balaban J connectivity index is 0.000000771. The standard InChI is InChI=1S/C31H37N5O4.C2HF3O2/c1-31(2,3)34-28(37)23-12-15-27(40-4)24(20-23)21-35-16-18-36(19-17-35)29(38)22-10-13-26(14-11-22)33-30(39)32-25-8-6-5-7-9-25;3-2(4,5)1(6)7/h5-15,20H,16-19,21H2,1-4H3,(H,34,37)(H2,32,33,39);(H,6,7). The Labute approximate surface area is 270 Å². The number of carbonyl (C=O) groups is 4. The van der Waals surface area contributed by atoms with Gasteiger partial charge < -0.3 is 30.7 Å². The molecule has 0 aromatic heterocycles. The number of anilines is 2. The summed E-state index contributed by atoms with van der Waals surface area (Å²) in [6, 6.07) is 21.2. The van der Waals surface area contributed by atoms with Crippen LogP contribution in [0.5, 0.6) is 5.75 Å². The number of nitrogens with one attached hydrogen (secondary N) is 3. The van der Waals surface area contributed by atoms with E-state index in [-0.39, 0.29) is 23.4 Å². The van der Waals surface area contributed by atoms with Crippen molar-refractivity contribution in [3.63, 3.8) is 0 Å². The zero-order chi connectivity index (χ0) is 34.8. The number of carboxylic acids is 1. The van der Waals surface area contributed by atoms with Crippen molar-refractivity contribution in [2.45, 2.75) is 39.0 Å². The molecular weight excluding hydrogens is 619 g/mol. The fourth-order valence-corrected chi connectivity index (χ4v) is 4.50. The van der Waals surface area contributed by atoms with Crippen molar-refractivity contribution >= 4 is 35.2 Å². The Morgan fingerprint density at radius 2 is 1.34 bits per heavy atom. The molecule has 1 saturated heterocycles. The molecule has 0 bridgehead atoms. The van der Waals surface area contributed by atoms with Gasteiger partial charge in [-0.15, -0.1) is 0 Å². The van der Waals surface area contributed by atoms with E-state index in [9.17, 15) is 27.6 Å². The molecule has 0 radical (unpaired) electrons. The number of aliphatic carboxylic acids is 1. The van der Waals surface area contributed by atoms with Crippen LogP contribution in [0.25, 0.3) is 0 Å². The molecular formula is C33H38F3N5O6. The minimum atomic E-state index is -5.08. The summed E-state index contributed by atoms with van der Waals surface area (Å²) in [4.78, 5) is 51.0. The number of rotatable bonds is 7. The van der Waals surface area contributed by atoms with Crippen LogP contribution < -0.4 is 20.7 Å². The van der Waals surface area contributed by atoms with Gasteiger partial charge in [-0.25, -0.2) is 9.59 Å². The topological polar surface area (TPSA) is 140 Å². The molecule has 0 aliphatic carbocycles. The number of hydrogen-bond donors (Lipinski definition) is 4. The van der Waals surface area contributed by atoms with Crippen molar-refractivity contribution in [2.24, 2.45) is 0 Å². The third-order valence-corrected chi connectivity index (χ3v) is 6.75. The lowest BCUT2D eigenvalue weighted by molar-refractivity contribution is -0.192. The number of para-hydroxylation sites is 1. The first-order valence-corrected chi connectivity index (χ1v) is 14.6. The fourth-order valence-electron chi connectivity index (χ4n) is 4.50. The molecule has 11 nitrogen and oxygen atoms in total. The number of nitrogens with zero attached hydrogens (tertiary/aromatic N) is 2. The number of ether oxygens (including phenoxy) is 1. The molecule has 4 amide bonds. The predicted octanol–water partition coefficient (Wildman–Crippen LogP) is 5.46. The van der Waals surface area contributed by atoms with Crippen LogP contribution in [0, 0.1) is 0 Å². The molecule has 4 N–H and O–H groups in total. The summed E-state index contributed by atoms with van der Waals surface area (Å²) < 4.78 is 37.3. The lowest BCUT2D eigenvalue weighted by Crippen LogP contribution is -2.48. The van der Waals surface area contributed by atoms with E-state index in [1.165, 1.54) is 0 Å². The van der Waals surface area contributed by atoms with Crippen LogP contribution in [-0.2, 0) is 11.3 Å². The highest BCUT2D eigenvalue weighted by Gasteiger charge is 2.38. The van der Waals surface area contributed by atoms with E-state index in [1.807, 2.05) is 56.0 Å². The minimum Gasteiger partial charge on any atom is -0.496 e. The van der Waals surface area contributed by atoms with Gasteiger partial charge in [-0.2, -0.15) is 13.2 Å². The Bertz CT molecular complexity index is 1540. The van der Waals surface area contributed by atoms with E-state index < -0.39 is 12.1 Å². The number of carbonyl (C=O) groups excluding carboxylic acids is 3. The van der Waals surface area contributed by atoms with Crippen LogP contribution in [0.15, 0.2) is 72.8 Å². The lowest BCUT2D eigenvalue weighted by atomic mass is 10.0.